The molecule has 0 spiro atoms. The number of Topliss-reactive ketones (excluding diaryl/α,β-unsaturated/α-hetero) is 1. The number of hydrogen-bond donors (Lipinski definition) is 0. The molecule has 0 amide bonds. The number of hydrogen-bond acceptors (Lipinski definition) is 3. The zero-order chi connectivity index (χ0) is 18.5. The van der Waals surface area contributed by atoms with Crippen LogP contribution in [0.2, 0.25) is 0 Å². The molecule has 146 valence electrons. The molecule has 0 radical (unpaired) electrons. The summed E-state index contributed by atoms with van der Waals surface area (Å²) in [6.45, 7) is 6.64. The maximum atomic E-state index is 12.5. The predicted molar refractivity (Wildman–Crippen MR) is 105 cm³/mol. The zero-order valence-electron chi connectivity index (χ0n) is 17.2. The molecule has 0 aromatic heterocycles. The van der Waals surface area contributed by atoms with Gasteiger partial charge in [0.2, 0.25) is 0 Å². The van der Waals surface area contributed by atoms with Gasteiger partial charge in [0.15, 0.2) is 0 Å². The van der Waals surface area contributed by atoms with Crippen molar-refractivity contribution < 1.29 is 9.53 Å². The summed E-state index contributed by atoms with van der Waals surface area (Å²) in [4.78, 5) is 14.7. The second kappa shape index (κ2) is 6.74. The first-order valence-corrected chi connectivity index (χ1v) is 10.9. The van der Waals surface area contributed by atoms with Gasteiger partial charge in [-0.3, -0.25) is 4.79 Å². The first-order chi connectivity index (χ1) is 12.3. The van der Waals surface area contributed by atoms with Gasteiger partial charge in [-0.25, -0.2) is 0 Å². The number of rotatable bonds is 4. The summed E-state index contributed by atoms with van der Waals surface area (Å²) in [5, 5.41) is 0. The summed E-state index contributed by atoms with van der Waals surface area (Å²) in [6, 6.07) is 0. The molecular formula is C23H37NO2. The summed E-state index contributed by atoms with van der Waals surface area (Å²) < 4.78 is 6.16. The highest BCUT2D eigenvalue weighted by Crippen LogP contribution is 2.64. The smallest absolute Gasteiger partial charge is 0.139 e. The van der Waals surface area contributed by atoms with Gasteiger partial charge < -0.3 is 9.64 Å². The third-order valence-electron chi connectivity index (χ3n) is 8.65. The first kappa shape index (κ1) is 18.7. The van der Waals surface area contributed by atoms with E-state index in [1.165, 1.54) is 25.7 Å². The number of carbonyl (C=O) groups is 1. The molecule has 0 heterocycles. The van der Waals surface area contributed by atoms with Crippen molar-refractivity contribution in [2.45, 2.75) is 71.3 Å². The van der Waals surface area contributed by atoms with Crippen LogP contribution >= 0.6 is 0 Å². The van der Waals surface area contributed by atoms with Crippen LogP contribution in [0.25, 0.3) is 0 Å². The Bertz CT molecular complexity index is 597. The van der Waals surface area contributed by atoms with E-state index in [-0.39, 0.29) is 5.41 Å². The van der Waals surface area contributed by atoms with Crippen LogP contribution < -0.4 is 0 Å². The van der Waals surface area contributed by atoms with Gasteiger partial charge >= 0.3 is 0 Å². The van der Waals surface area contributed by atoms with E-state index in [2.05, 4.69) is 38.9 Å². The van der Waals surface area contributed by atoms with Gasteiger partial charge in [-0.05, 0) is 82.2 Å². The molecule has 0 bridgehead atoms. The van der Waals surface area contributed by atoms with Gasteiger partial charge in [-0.15, -0.1) is 0 Å². The van der Waals surface area contributed by atoms with Crippen molar-refractivity contribution in [3.8, 4) is 0 Å². The van der Waals surface area contributed by atoms with Gasteiger partial charge in [0.1, 0.15) is 5.78 Å². The third-order valence-corrected chi connectivity index (χ3v) is 8.65. The normalized spacial score (nSPS) is 45.1. The fourth-order valence-electron chi connectivity index (χ4n) is 6.99. The maximum absolute atomic E-state index is 12.5. The van der Waals surface area contributed by atoms with Crippen LogP contribution in [0.3, 0.4) is 0 Å². The van der Waals surface area contributed by atoms with E-state index in [1.807, 2.05) is 0 Å². The lowest BCUT2D eigenvalue weighted by Gasteiger charge is -2.57. The maximum Gasteiger partial charge on any atom is 0.139 e. The number of likely N-dealkylation sites (N-methyl/N-ethyl adjacent to an activating group) is 1. The molecule has 6 unspecified atom stereocenters. The molecule has 0 aromatic rings. The molecule has 26 heavy (non-hydrogen) atoms. The highest BCUT2D eigenvalue weighted by Gasteiger charge is 2.58. The van der Waals surface area contributed by atoms with Crippen molar-refractivity contribution in [3.05, 3.63) is 11.6 Å². The zero-order valence-corrected chi connectivity index (χ0v) is 17.2. The fraction of sp³-hybridized carbons (Fsp3) is 0.870. The monoisotopic (exact) mass is 359 g/mol. The highest BCUT2D eigenvalue weighted by atomic mass is 16.5. The number of allylic oxidation sites excluding steroid dienone is 1. The van der Waals surface area contributed by atoms with Gasteiger partial charge in [0.25, 0.3) is 0 Å². The van der Waals surface area contributed by atoms with Crippen LogP contribution in [0, 0.1) is 28.6 Å². The number of ether oxygens (including phenoxy) is 1. The van der Waals surface area contributed by atoms with E-state index in [0.29, 0.717) is 23.2 Å². The molecule has 0 aromatic carbocycles. The molecule has 4 aliphatic carbocycles. The Labute approximate surface area is 159 Å². The highest BCUT2D eigenvalue weighted by molar-refractivity contribution is 5.87. The Morgan fingerprint density at radius 2 is 1.77 bits per heavy atom. The van der Waals surface area contributed by atoms with Crippen molar-refractivity contribution in [2.75, 3.05) is 27.2 Å². The standard InChI is InChI=1S/C23H37NO2/c1-22-11-9-17(26-14-13-24(3)4)15-16(22)5-6-18-19-7-8-21(25)23(19,2)12-10-20(18)22/h15,17-20H,5-14H2,1-4H3. The van der Waals surface area contributed by atoms with E-state index in [0.717, 1.165) is 50.7 Å². The second-order valence-electron chi connectivity index (χ2n) is 10.2. The fourth-order valence-corrected chi connectivity index (χ4v) is 6.99. The molecule has 6 atom stereocenters. The quantitative estimate of drug-likeness (QED) is 0.694. The molecule has 3 fully saturated rings. The van der Waals surface area contributed by atoms with E-state index >= 15 is 0 Å². The summed E-state index contributed by atoms with van der Waals surface area (Å²) in [7, 11) is 4.21. The number of carbonyl (C=O) groups excluding carboxylic acids is 1. The topological polar surface area (TPSA) is 29.5 Å². The van der Waals surface area contributed by atoms with Gasteiger partial charge in [-0.2, -0.15) is 0 Å². The summed E-state index contributed by atoms with van der Waals surface area (Å²) in [5.74, 6) is 2.77. The van der Waals surface area contributed by atoms with E-state index in [9.17, 15) is 4.79 Å². The third kappa shape index (κ3) is 2.90. The van der Waals surface area contributed by atoms with Gasteiger partial charge in [-0.1, -0.05) is 25.5 Å². The number of nitrogens with zero attached hydrogens (tertiary/aromatic N) is 1. The van der Waals surface area contributed by atoms with Crippen LogP contribution in [-0.2, 0) is 9.53 Å². The molecule has 0 N–H and O–H groups in total. The van der Waals surface area contributed by atoms with Crippen molar-refractivity contribution in [1.29, 1.82) is 0 Å². The molecule has 0 saturated heterocycles. The summed E-state index contributed by atoms with van der Waals surface area (Å²) in [6.07, 6.45) is 12.1. The molecule has 3 saturated carbocycles. The minimum atomic E-state index is 0.00520. The minimum absolute atomic E-state index is 0.00520. The van der Waals surface area contributed by atoms with Crippen molar-refractivity contribution in [1.82, 2.24) is 4.90 Å². The van der Waals surface area contributed by atoms with Crippen molar-refractivity contribution in [3.63, 3.8) is 0 Å². The first-order valence-electron chi connectivity index (χ1n) is 10.9. The number of fused-ring (bicyclic) bond motifs is 5. The second-order valence-corrected chi connectivity index (χ2v) is 10.2. The Balaban J connectivity index is 1.49. The lowest BCUT2D eigenvalue weighted by molar-refractivity contribution is -0.132. The molecule has 3 nitrogen and oxygen atoms in total. The average Bonchev–Trinajstić information content (AvgIpc) is 2.90. The van der Waals surface area contributed by atoms with E-state index in [1.54, 1.807) is 5.57 Å². The van der Waals surface area contributed by atoms with Crippen LogP contribution in [0.5, 0.6) is 0 Å². The van der Waals surface area contributed by atoms with Crippen LogP contribution in [0.15, 0.2) is 11.6 Å². The SMILES string of the molecule is CN(C)CCOC1C=C2CCC3C4CCC(=O)C4(C)CCC3C2(C)CC1. The summed E-state index contributed by atoms with van der Waals surface area (Å²) in [5.41, 5.74) is 2.04. The van der Waals surface area contributed by atoms with Crippen molar-refractivity contribution >= 4 is 5.78 Å². The average molecular weight is 360 g/mol. The van der Waals surface area contributed by atoms with E-state index in [4.69, 9.17) is 4.74 Å². The van der Waals surface area contributed by atoms with Crippen molar-refractivity contribution in [2.24, 2.45) is 28.6 Å². The van der Waals surface area contributed by atoms with Crippen LogP contribution in [0.1, 0.15) is 65.2 Å². The largest absolute Gasteiger partial charge is 0.373 e. The molecule has 4 aliphatic rings. The van der Waals surface area contributed by atoms with Gasteiger partial charge in [0.05, 0.1) is 12.7 Å². The van der Waals surface area contributed by atoms with Gasteiger partial charge in [0, 0.05) is 18.4 Å². The Kier molecular flexibility index (Phi) is 4.84. The Morgan fingerprint density at radius 1 is 1.04 bits per heavy atom. The van der Waals surface area contributed by atoms with Crippen LogP contribution in [-0.4, -0.2) is 44.0 Å². The minimum Gasteiger partial charge on any atom is -0.373 e. The number of ketones is 1. The molecule has 4 rings (SSSR count). The molecule has 3 heteroatoms. The lowest BCUT2D eigenvalue weighted by atomic mass is 9.47. The van der Waals surface area contributed by atoms with E-state index < -0.39 is 0 Å². The molecular weight excluding hydrogens is 322 g/mol. The predicted octanol–water partition coefficient (Wildman–Crippen LogP) is 4.47. The lowest BCUT2D eigenvalue weighted by Crippen LogP contribution is -2.50. The van der Waals surface area contributed by atoms with Crippen LogP contribution in [0.4, 0.5) is 0 Å². The summed E-state index contributed by atoms with van der Waals surface area (Å²) >= 11 is 0. The molecule has 0 aliphatic heterocycles. The Hall–Kier alpha value is -0.670. The Morgan fingerprint density at radius 3 is 2.54 bits per heavy atom.